The molecule has 0 unspecified atom stereocenters. The van der Waals surface area contributed by atoms with Crippen molar-refractivity contribution in [2.75, 3.05) is 7.11 Å². The van der Waals surface area contributed by atoms with E-state index < -0.39 is 5.41 Å². The Labute approximate surface area is 115 Å². The molecule has 1 amide bonds. The Morgan fingerprint density at radius 1 is 1.16 bits per heavy atom. The van der Waals surface area contributed by atoms with E-state index >= 15 is 0 Å². The molecule has 1 aromatic rings. The molecule has 0 radical (unpaired) electrons. The predicted molar refractivity (Wildman–Crippen MR) is 76.4 cm³/mol. The van der Waals surface area contributed by atoms with Crippen LogP contribution in [0.1, 0.15) is 51.7 Å². The number of nitrogens with one attached hydrogen (secondary N) is 1. The SMILES string of the molecule is CCC1(CC)C(=O)NC(C)(C)c2cc(OC)ccc21. The first-order chi connectivity index (χ1) is 8.91. The van der Waals surface area contributed by atoms with Crippen LogP contribution >= 0.6 is 0 Å². The lowest BCUT2D eigenvalue weighted by Gasteiger charge is -2.44. The summed E-state index contributed by atoms with van der Waals surface area (Å²) < 4.78 is 5.32. The topological polar surface area (TPSA) is 38.3 Å². The minimum Gasteiger partial charge on any atom is -0.497 e. The largest absolute Gasteiger partial charge is 0.497 e. The molecule has 3 heteroatoms. The zero-order valence-electron chi connectivity index (χ0n) is 12.5. The van der Waals surface area contributed by atoms with Crippen molar-refractivity contribution in [3.8, 4) is 5.75 Å². The zero-order chi connectivity index (χ0) is 14.3. The number of ether oxygens (including phenoxy) is 1. The highest BCUT2D eigenvalue weighted by atomic mass is 16.5. The van der Waals surface area contributed by atoms with Crippen molar-refractivity contribution >= 4 is 5.91 Å². The van der Waals surface area contributed by atoms with Crippen LogP contribution in [0.5, 0.6) is 5.75 Å². The minimum atomic E-state index is -0.406. The number of fused-ring (bicyclic) bond motifs is 1. The summed E-state index contributed by atoms with van der Waals surface area (Å²) >= 11 is 0. The summed E-state index contributed by atoms with van der Waals surface area (Å²) in [6.45, 7) is 8.24. The fourth-order valence-electron chi connectivity index (χ4n) is 3.13. The van der Waals surface area contributed by atoms with E-state index in [0.717, 1.165) is 29.7 Å². The number of rotatable bonds is 3. The molecule has 0 atom stereocenters. The van der Waals surface area contributed by atoms with Gasteiger partial charge in [-0.15, -0.1) is 0 Å². The maximum Gasteiger partial charge on any atom is 0.231 e. The standard InChI is InChI=1S/C16H23NO2/c1-6-16(7-2)12-9-8-11(19-5)10-13(12)15(3,4)17-14(16)18/h8-10H,6-7H2,1-5H3,(H,17,18). The third-order valence-electron chi connectivity index (χ3n) is 4.48. The van der Waals surface area contributed by atoms with E-state index in [2.05, 4.69) is 31.3 Å². The minimum absolute atomic E-state index is 0.139. The van der Waals surface area contributed by atoms with Crippen molar-refractivity contribution < 1.29 is 9.53 Å². The smallest absolute Gasteiger partial charge is 0.231 e. The number of methoxy groups -OCH3 is 1. The summed E-state index contributed by atoms with van der Waals surface area (Å²) in [5.41, 5.74) is 1.55. The molecule has 0 fully saturated rings. The van der Waals surface area contributed by atoms with Gasteiger partial charge < -0.3 is 10.1 Å². The monoisotopic (exact) mass is 261 g/mol. The van der Waals surface area contributed by atoms with Crippen molar-refractivity contribution in [2.24, 2.45) is 0 Å². The van der Waals surface area contributed by atoms with E-state index in [4.69, 9.17) is 4.74 Å². The predicted octanol–water partition coefficient (Wildman–Crippen LogP) is 3.12. The summed E-state index contributed by atoms with van der Waals surface area (Å²) in [7, 11) is 1.67. The number of hydrogen-bond donors (Lipinski definition) is 1. The van der Waals surface area contributed by atoms with E-state index in [9.17, 15) is 4.79 Å². The number of amides is 1. The Balaban J connectivity index is 2.71. The molecule has 0 spiro atoms. The normalized spacial score (nSPS) is 19.5. The second-order valence-electron chi connectivity index (χ2n) is 5.78. The average molecular weight is 261 g/mol. The Kier molecular flexibility index (Phi) is 3.33. The van der Waals surface area contributed by atoms with Gasteiger partial charge in [0.1, 0.15) is 5.75 Å². The van der Waals surface area contributed by atoms with Crippen LogP contribution < -0.4 is 10.1 Å². The molecule has 0 aromatic heterocycles. The van der Waals surface area contributed by atoms with Crippen molar-refractivity contribution in [3.63, 3.8) is 0 Å². The second-order valence-corrected chi connectivity index (χ2v) is 5.78. The van der Waals surface area contributed by atoms with E-state index in [1.165, 1.54) is 0 Å². The Hall–Kier alpha value is -1.51. The zero-order valence-corrected chi connectivity index (χ0v) is 12.5. The van der Waals surface area contributed by atoms with Gasteiger partial charge in [0.05, 0.1) is 18.1 Å². The number of carbonyl (C=O) groups is 1. The Morgan fingerprint density at radius 2 is 1.79 bits per heavy atom. The molecule has 3 nitrogen and oxygen atoms in total. The molecular formula is C16H23NO2. The summed E-state index contributed by atoms with van der Waals surface area (Å²) in [6, 6.07) is 6.06. The van der Waals surface area contributed by atoms with Crippen molar-refractivity contribution in [1.82, 2.24) is 5.32 Å². The van der Waals surface area contributed by atoms with E-state index in [1.807, 2.05) is 19.9 Å². The van der Waals surface area contributed by atoms with Gasteiger partial charge in [-0.1, -0.05) is 19.9 Å². The summed E-state index contributed by atoms with van der Waals surface area (Å²) in [5, 5.41) is 3.16. The average Bonchev–Trinajstić information content (AvgIpc) is 2.39. The number of carbonyl (C=O) groups excluding carboxylic acids is 1. The van der Waals surface area contributed by atoms with Gasteiger partial charge in [0.2, 0.25) is 5.91 Å². The van der Waals surface area contributed by atoms with Crippen molar-refractivity contribution in [1.29, 1.82) is 0 Å². The van der Waals surface area contributed by atoms with Crippen LogP contribution in [0.3, 0.4) is 0 Å². The summed E-state index contributed by atoms with van der Waals surface area (Å²) in [4.78, 5) is 12.6. The quantitative estimate of drug-likeness (QED) is 0.908. The molecule has 0 saturated heterocycles. The molecule has 0 bridgehead atoms. The van der Waals surface area contributed by atoms with Crippen LogP contribution in [-0.2, 0) is 15.7 Å². The van der Waals surface area contributed by atoms with Crippen LogP contribution in [0.15, 0.2) is 18.2 Å². The van der Waals surface area contributed by atoms with Gasteiger partial charge in [0.25, 0.3) is 0 Å². The van der Waals surface area contributed by atoms with E-state index in [0.29, 0.717) is 0 Å². The molecule has 1 aliphatic heterocycles. The molecule has 0 aliphatic carbocycles. The Morgan fingerprint density at radius 3 is 2.32 bits per heavy atom. The molecule has 104 valence electrons. The molecule has 19 heavy (non-hydrogen) atoms. The van der Waals surface area contributed by atoms with Crippen LogP contribution in [0.4, 0.5) is 0 Å². The van der Waals surface area contributed by atoms with Crippen molar-refractivity contribution in [3.05, 3.63) is 29.3 Å². The lowest BCUT2D eigenvalue weighted by molar-refractivity contribution is -0.130. The number of benzene rings is 1. The maximum atomic E-state index is 12.6. The van der Waals surface area contributed by atoms with E-state index in [-0.39, 0.29) is 11.4 Å². The molecule has 2 rings (SSSR count). The highest BCUT2D eigenvalue weighted by Crippen LogP contribution is 2.43. The maximum absolute atomic E-state index is 12.6. The second kappa shape index (κ2) is 4.55. The van der Waals surface area contributed by atoms with Crippen LogP contribution in [-0.4, -0.2) is 13.0 Å². The van der Waals surface area contributed by atoms with Crippen molar-refractivity contribution in [2.45, 2.75) is 51.5 Å². The lowest BCUT2D eigenvalue weighted by Crippen LogP contribution is -2.56. The van der Waals surface area contributed by atoms with Gasteiger partial charge in [-0.25, -0.2) is 0 Å². The van der Waals surface area contributed by atoms with Gasteiger partial charge in [-0.3, -0.25) is 4.79 Å². The summed E-state index contributed by atoms with van der Waals surface area (Å²) in [5.74, 6) is 0.976. The highest BCUT2D eigenvalue weighted by Gasteiger charge is 2.46. The fraction of sp³-hybridized carbons (Fsp3) is 0.562. The van der Waals surface area contributed by atoms with Gasteiger partial charge in [-0.2, -0.15) is 0 Å². The number of hydrogen-bond acceptors (Lipinski definition) is 2. The molecule has 0 saturated carbocycles. The fourth-order valence-corrected chi connectivity index (χ4v) is 3.13. The lowest BCUT2D eigenvalue weighted by atomic mass is 9.67. The van der Waals surface area contributed by atoms with Gasteiger partial charge in [-0.05, 0) is 49.9 Å². The Bertz CT molecular complexity index is 501. The van der Waals surface area contributed by atoms with Crippen LogP contribution in [0.2, 0.25) is 0 Å². The van der Waals surface area contributed by atoms with Gasteiger partial charge >= 0.3 is 0 Å². The van der Waals surface area contributed by atoms with Gasteiger partial charge in [0, 0.05) is 0 Å². The van der Waals surface area contributed by atoms with Crippen LogP contribution in [0.25, 0.3) is 0 Å². The molecule has 1 N–H and O–H groups in total. The van der Waals surface area contributed by atoms with E-state index in [1.54, 1.807) is 7.11 Å². The first-order valence-corrected chi connectivity index (χ1v) is 6.93. The highest BCUT2D eigenvalue weighted by molar-refractivity contribution is 5.91. The summed E-state index contributed by atoms with van der Waals surface area (Å²) in [6.07, 6.45) is 1.62. The molecule has 1 aliphatic rings. The first-order valence-electron chi connectivity index (χ1n) is 6.93. The van der Waals surface area contributed by atoms with Gasteiger partial charge in [0.15, 0.2) is 0 Å². The molecule has 1 heterocycles. The third kappa shape index (κ3) is 1.92. The first kappa shape index (κ1) is 13.9. The third-order valence-corrected chi connectivity index (χ3v) is 4.48. The van der Waals surface area contributed by atoms with Crippen LogP contribution in [0, 0.1) is 0 Å². The molecule has 1 aromatic carbocycles. The molecular weight excluding hydrogens is 238 g/mol.